The molecule has 3 aromatic rings. The Kier molecular flexibility index (Phi) is 5.29. The highest BCUT2D eigenvalue weighted by Crippen LogP contribution is 2.30. The number of halogens is 2. The smallest absolute Gasteiger partial charge is 0.322 e. The SMILES string of the molecule is COc1ccc(OC)c(C(=O)Nc2nnc(-c3ccc(Cl)cc3Cl)o2)c1. The second-order valence-electron chi connectivity index (χ2n) is 5.06. The average molecular weight is 394 g/mol. The fourth-order valence-corrected chi connectivity index (χ4v) is 2.69. The second-order valence-corrected chi connectivity index (χ2v) is 5.90. The van der Waals surface area contributed by atoms with Crippen LogP contribution in [0, 0.1) is 0 Å². The molecule has 1 aromatic heterocycles. The molecule has 0 aliphatic heterocycles. The van der Waals surface area contributed by atoms with Gasteiger partial charge in [-0.1, -0.05) is 28.3 Å². The number of nitrogens with zero attached hydrogens (tertiary/aromatic N) is 2. The Balaban J connectivity index is 1.84. The molecular weight excluding hydrogens is 381 g/mol. The lowest BCUT2D eigenvalue weighted by Crippen LogP contribution is -2.13. The zero-order valence-corrected chi connectivity index (χ0v) is 15.3. The maximum Gasteiger partial charge on any atom is 0.322 e. The molecule has 0 aliphatic carbocycles. The van der Waals surface area contributed by atoms with E-state index in [-0.39, 0.29) is 17.5 Å². The monoisotopic (exact) mass is 393 g/mol. The molecular formula is C17H13Cl2N3O4. The van der Waals surface area contributed by atoms with Gasteiger partial charge in [-0.2, -0.15) is 0 Å². The molecule has 26 heavy (non-hydrogen) atoms. The number of benzene rings is 2. The van der Waals surface area contributed by atoms with Gasteiger partial charge in [0.1, 0.15) is 11.5 Å². The van der Waals surface area contributed by atoms with Crippen molar-refractivity contribution in [2.75, 3.05) is 19.5 Å². The highest BCUT2D eigenvalue weighted by atomic mass is 35.5. The summed E-state index contributed by atoms with van der Waals surface area (Å²) in [7, 11) is 2.97. The van der Waals surface area contributed by atoms with Gasteiger partial charge in [-0.05, 0) is 36.4 Å². The second kappa shape index (κ2) is 7.63. The molecule has 0 saturated carbocycles. The summed E-state index contributed by atoms with van der Waals surface area (Å²) in [5, 5.41) is 11.1. The zero-order chi connectivity index (χ0) is 18.7. The number of amides is 1. The van der Waals surface area contributed by atoms with Gasteiger partial charge in [-0.15, -0.1) is 5.10 Å². The minimum absolute atomic E-state index is 0.0825. The van der Waals surface area contributed by atoms with Gasteiger partial charge < -0.3 is 13.9 Å². The van der Waals surface area contributed by atoms with E-state index in [4.69, 9.17) is 37.1 Å². The van der Waals surface area contributed by atoms with Crippen LogP contribution < -0.4 is 14.8 Å². The van der Waals surface area contributed by atoms with E-state index in [0.717, 1.165) is 0 Å². The lowest BCUT2D eigenvalue weighted by molar-refractivity contribution is 0.102. The molecule has 0 saturated heterocycles. The van der Waals surface area contributed by atoms with Crippen molar-refractivity contribution >= 4 is 35.1 Å². The molecule has 9 heteroatoms. The van der Waals surface area contributed by atoms with Gasteiger partial charge in [0.25, 0.3) is 11.8 Å². The summed E-state index contributed by atoms with van der Waals surface area (Å²) >= 11 is 12.0. The first-order valence-corrected chi connectivity index (χ1v) is 8.09. The number of methoxy groups -OCH3 is 2. The number of hydrogen-bond acceptors (Lipinski definition) is 6. The minimum atomic E-state index is -0.488. The van der Waals surface area contributed by atoms with Crippen LogP contribution in [0.5, 0.6) is 11.5 Å². The maximum absolute atomic E-state index is 12.5. The molecule has 3 rings (SSSR count). The van der Waals surface area contributed by atoms with Gasteiger partial charge in [0.15, 0.2) is 0 Å². The van der Waals surface area contributed by atoms with Crippen molar-refractivity contribution in [2.24, 2.45) is 0 Å². The Morgan fingerprint density at radius 1 is 1.08 bits per heavy atom. The van der Waals surface area contributed by atoms with Crippen LogP contribution in [0.2, 0.25) is 10.0 Å². The molecule has 0 fully saturated rings. The van der Waals surface area contributed by atoms with Gasteiger partial charge in [0.05, 0.1) is 30.4 Å². The molecule has 2 aromatic carbocycles. The Bertz CT molecular complexity index is 959. The van der Waals surface area contributed by atoms with Crippen LogP contribution in [-0.2, 0) is 0 Å². The lowest BCUT2D eigenvalue weighted by atomic mass is 10.1. The third-order valence-corrected chi connectivity index (χ3v) is 4.01. The highest BCUT2D eigenvalue weighted by Gasteiger charge is 2.18. The Morgan fingerprint density at radius 2 is 1.88 bits per heavy atom. The fraction of sp³-hybridized carbons (Fsp3) is 0.118. The summed E-state index contributed by atoms with van der Waals surface area (Å²) in [6.07, 6.45) is 0. The van der Waals surface area contributed by atoms with Gasteiger partial charge in [-0.25, -0.2) is 0 Å². The first-order chi connectivity index (χ1) is 12.5. The number of aromatic nitrogens is 2. The summed E-state index contributed by atoms with van der Waals surface area (Å²) in [6.45, 7) is 0. The Labute approximate surface area is 158 Å². The molecule has 0 spiro atoms. The third-order valence-electron chi connectivity index (χ3n) is 3.46. The number of ether oxygens (including phenoxy) is 2. The van der Waals surface area contributed by atoms with Crippen LogP contribution in [0.15, 0.2) is 40.8 Å². The normalized spacial score (nSPS) is 10.5. The maximum atomic E-state index is 12.5. The summed E-state index contributed by atoms with van der Waals surface area (Å²) in [5.41, 5.74) is 0.763. The number of nitrogens with one attached hydrogen (secondary N) is 1. The quantitative estimate of drug-likeness (QED) is 0.694. The molecule has 0 bridgehead atoms. The molecule has 1 N–H and O–H groups in total. The first-order valence-electron chi connectivity index (χ1n) is 7.34. The van der Waals surface area contributed by atoms with Crippen LogP contribution in [-0.4, -0.2) is 30.3 Å². The van der Waals surface area contributed by atoms with Crippen molar-refractivity contribution in [3.05, 3.63) is 52.0 Å². The molecule has 134 valence electrons. The van der Waals surface area contributed by atoms with Crippen molar-refractivity contribution in [2.45, 2.75) is 0 Å². The molecule has 0 atom stereocenters. The largest absolute Gasteiger partial charge is 0.497 e. The van der Waals surface area contributed by atoms with Crippen molar-refractivity contribution in [3.63, 3.8) is 0 Å². The molecule has 1 heterocycles. The number of carbonyl (C=O) groups excluding carboxylic acids is 1. The standard InChI is InChI=1S/C17H13Cl2N3O4/c1-24-10-4-6-14(25-2)12(8-10)15(23)20-17-22-21-16(26-17)11-5-3-9(18)7-13(11)19/h3-8H,1-2H3,(H,20,22,23). The van der Waals surface area contributed by atoms with Crippen molar-refractivity contribution in [3.8, 4) is 23.0 Å². The Morgan fingerprint density at radius 3 is 2.58 bits per heavy atom. The van der Waals surface area contributed by atoms with Crippen LogP contribution >= 0.6 is 23.2 Å². The molecule has 0 aliphatic rings. The summed E-state index contributed by atoms with van der Waals surface area (Å²) in [5.74, 6) is 0.552. The number of hydrogen-bond donors (Lipinski definition) is 1. The van der Waals surface area contributed by atoms with E-state index in [2.05, 4.69) is 15.5 Å². The first kappa shape index (κ1) is 18.0. The zero-order valence-electron chi connectivity index (χ0n) is 13.7. The summed E-state index contributed by atoms with van der Waals surface area (Å²) in [4.78, 5) is 12.5. The number of rotatable bonds is 5. The van der Waals surface area contributed by atoms with E-state index in [9.17, 15) is 4.79 Å². The summed E-state index contributed by atoms with van der Waals surface area (Å²) < 4.78 is 15.8. The van der Waals surface area contributed by atoms with Crippen molar-refractivity contribution in [1.82, 2.24) is 10.2 Å². The number of anilines is 1. The minimum Gasteiger partial charge on any atom is -0.497 e. The third kappa shape index (κ3) is 3.74. The topological polar surface area (TPSA) is 86.5 Å². The van der Waals surface area contributed by atoms with E-state index in [1.807, 2.05) is 0 Å². The van der Waals surface area contributed by atoms with Crippen LogP contribution in [0.25, 0.3) is 11.5 Å². The highest BCUT2D eigenvalue weighted by molar-refractivity contribution is 6.36. The average Bonchev–Trinajstić information content (AvgIpc) is 3.09. The van der Waals surface area contributed by atoms with Crippen LogP contribution in [0.3, 0.4) is 0 Å². The lowest BCUT2D eigenvalue weighted by Gasteiger charge is -2.09. The van der Waals surface area contributed by atoms with Gasteiger partial charge in [0, 0.05) is 5.02 Å². The molecule has 0 unspecified atom stereocenters. The van der Waals surface area contributed by atoms with Gasteiger partial charge >= 0.3 is 6.01 Å². The van der Waals surface area contributed by atoms with Crippen molar-refractivity contribution < 1.29 is 18.7 Å². The predicted molar refractivity (Wildman–Crippen MR) is 97.3 cm³/mol. The van der Waals surface area contributed by atoms with Crippen LogP contribution in [0.4, 0.5) is 6.01 Å². The van der Waals surface area contributed by atoms with E-state index < -0.39 is 5.91 Å². The molecule has 1 amide bonds. The molecule has 7 nitrogen and oxygen atoms in total. The van der Waals surface area contributed by atoms with E-state index in [0.29, 0.717) is 27.1 Å². The predicted octanol–water partition coefficient (Wildman–Crippen LogP) is 4.31. The molecule has 0 radical (unpaired) electrons. The van der Waals surface area contributed by atoms with E-state index in [1.54, 1.807) is 36.4 Å². The van der Waals surface area contributed by atoms with E-state index >= 15 is 0 Å². The Hall–Kier alpha value is -2.77. The van der Waals surface area contributed by atoms with Gasteiger partial charge in [-0.3, -0.25) is 10.1 Å². The number of carbonyl (C=O) groups is 1. The van der Waals surface area contributed by atoms with Crippen LogP contribution in [0.1, 0.15) is 10.4 Å². The van der Waals surface area contributed by atoms with Gasteiger partial charge in [0.2, 0.25) is 0 Å². The fourth-order valence-electron chi connectivity index (χ4n) is 2.20. The van der Waals surface area contributed by atoms with Crippen molar-refractivity contribution in [1.29, 1.82) is 0 Å². The summed E-state index contributed by atoms with van der Waals surface area (Å²) in [6, 6.07) is 9.62. The van der Waals surface area contributed by atoms with E-state index in [1.165, 1.54) is 14.2 Å².